The van der Waals surface area contributed by atoms with Gasteiger partial charge in [0.25, 0.3) is 0 Å². The minimum Gasteiger partial charge on any atom is -0.481 e. The Kier molecular flexibility index (Phi) is 3.46. The van der Waals surface area contributed by atoms with Crippen molar-refractivity contribution in [1.82, 2.24) is 4.90 Å². The van der Waals surface area contributed by atoms with E-state index >= 15 is 0 Å². The molecule has 5 nitrogen and oxygen atoms in total. The van der Waals surface area contributed by atoms with Gasteiger partial charge in [-0.25, -0.2) is 0 Å². The first-order chi connectivity index (χ1) is 6.56. The summed E-state index contributed by atoms with van der Waals surface area (Å²) in [6.45, 7) is 2.42. The Balaban J connectivity index is 2.59. The molecule has 0 spiro atoms. The number of hydrogen-bond acceptors (Lipinski definition) is 3. The maximum absolute atomic E-state index is 11.4. The van der Waals surface area contributed by atoms with Gasteiger partial charge in [0.05, 0.1) is 12.6 Å². The van der Waals surface area contributed by atoms with E-state index in [1.165, 1.54) is 4.90 Å². The van der Waals surface area contributed by atoms with Crippen LogP contribution in [-0.2, 0) is 9.59 Å². The zero-order valence-corrected chi connectivity index (χ0v) is 8.14. The van der Waals surface area contributed by atoms with Gasteiger partial charge in [0, 0.05) is 6.54 Å². The number of hydrogen-bond donors (Lipinski definition) is 2. The van der Waals surface area contributed by atoms with Gasteiger partial charge in [-0.15, -0.1) is 0 Å². The van der Waals surface area contributed by atoms with Crippen molar-refractivity contribution in [2.75, 3.05) is 13.2 Å². The summed E-state index contributed by atoms with van der Waals surface area (Å²) >= 11 is 0. The van der Waals surface area contributed by atoms with Crippen molar-refractivity contribution in [2.24, 2.45) is 5.92 Å². The SMILES string of the molecule is CC1CCN(C(=O)CC(=O)O)C1CO. The third-order valence-corrected chi connectivity index (χ3v) is 2.69. The molecule has 0 saturated carbocycles. The molecule has 1 aliphatic rings. The molecule has 2 atom stereocenters. The maximum Gasteiger partial charge on any atom is 0.312 e. The molecule has 1 aliphatic heterocycles. The molecule has 14 heavy (non-hydrogen) atoms. The Bertz CT molecular complexity index is 241. The maximum atomic E-state index is 11.4. The summed E-state index contributed by atoms with van der Waals surface area (Å²) in [5.41, 5.74) is 0. The second kappa shape index (κ2) is 4.41. The average molecular weight is 201 g/mol. The number of nitrogens with zero attached hydrogens (tertiary/aromatic N) is 1. The van der Waals surface area contributed by atoms with Crippen molar-refractivity contribution in [2.45, 2.75) is 25.8 Å². The first kappa shape index (κ1) is 11.0. The van der Waals surface area contributed by atoms with Crippen molar-refractivity contribution in [1.29, 1.82) is 0 Å². The standard InChI is InChI=1S/C9H15NO4/c1-6-2-3-10(7(6)5-11)8(12)4-9(13)14/h6-7,11H,2-5H2,1H3,(H,13,14). The van der Waals surface area contributed by atoms with Crippen LogP contribution >= 0.6 is 0 Å². The molecule has 5 heteroatoms. The predicted octanol–water partition coefficient (Wildman–Crippen LogP) is -0.310. The lowest BCUT2D eigenvalue weighted by Crippen LogP contribution is -2.40. The third kappa shape index (κ3) is 2.23. The lowest BCUT2D eigenvalue weighted by atomic mass is 10.0. The number of aliphatic hydroxyl groups excluding tert-OH is 1. The van der Waals surface area contributed by atoms with Crippen molar-refractivity contribution < 1.29 is 19.8 Å². The number of likely N-dealkylation sites (tertiary alicyclic amines) is 1. The molecule has 80 valence electrons. The Hall–Kier alpha value is -1.10. The monoisotopic (exact) mass is 201 g/mol. The van der Waals surface area contributed by atoms with Gasteiger partial charge >= 0.3 is 5.97 Å². The quantitative estimate of drug-likeness (QED) is 0.614. The molecule has 1 rings (SSSR count). The van der Waals surface area contributed by atoms with Crippen LogP contribution in [0.3, 0.4) is 0 Å². The number of aliphatic hydroxyl groups is 1. The summed E-state index contributed by atoms with van der Waals surface area (Å²) in [4.78, 5) is 23.2. The highest BCUT2D eigenvalue weighted by atomic mass is 16.4. The molecule has 2 unspecified atom stereocenters. The molecule has 0 aliphatic carbocycles. The van der Waals surface area contributed by atoms with Crippen LogP contribution in [0.5, 0.6) is 0 Å². The molecule has 1 heterocycles. The second-order valence-electron chi connectivity index (χ2n) is 3.67. The number of carbonyl (C=O) groups is 2. The van der Waals surface area contributed by atoms with Gasteiger partial charge in [0.2, 0.25) is 5.91 Å². The minimum atomic E-state index is -1.12. The van der Waals surface area contributed by atoms with Crippen LogP contribution in [0.2, 0.25) is 0 Å². The number of carboxylic acid groups (broad SMARTS) is 1. The van der Waals surface area contributed by atoms with E-state index in [4.69, 9.17) is 10.2 Å². The van der Waals surface area contributed by atoms with Gasteiger partial charge in [0.1, 0.15) is 6.42 Å². The Morgan fingerprint density at radius 1 is 1.50 bits per heavy atom. The van der Waals surface area contributed by atoms with Crippen LogP contribution < -0.4 is 0 Å². The molecular formula is C9H15NO4. The van der Waals surface area contributed by atoms with Crippen LogP contribution in [0, 0.1) is 5.92 Å². The normalized spacial score (nSPS) is 26.6. The van der Waals surface area contributed by atoms with E-state index < -0.39 is 18.3 Å². The van der Waals surface area contributed by atoms with Crippen LogP contribution in [-0.4, -0.2) is 46.2 Å². The summed E-state index contributed by atoms with van der Waals surface area (Å²) in [6, 6.07) is -0.207. The van der Waals surface area contributed by atoms with E-state index in [1.54, 1.807) is 0 Å². The van der Waals surface area contributed by atoms with Crippen molar-refractivity contribution >= 4 is 11.9 Å². The summed E-state index contributed by atoms with van der Waals surface area (Å²) in [6.07, 6.45) is 0.347. The molecule has 1 saturated heterocycles. The van der Waals surface area contributed by atoms with Gasteiger partial charge in [-0.2, -0.15) is 0 Å². The number of carbonyl (C=O) groups excluding carboxylic acids is 1. The third-order valence-electron chi connectivity index (χ3n) is 2.69. The fourth-order valence-electron chi connectivity index (χ4n) is 1.83. The summed E-state index contributed by atoms with van der Waals surface area (Å²) in [5, 5.41) is 17.5. The van der Waals surface area contributed by atoms with Gasteiger partial charge in [-0.05, 0) is 12.3 Å². The molecule has 2 N–H and O–H groups in total. The summed E-state index contributed by atoms with van der Waals surface area (Å²) in [5.74, 6) is -1.27. The number of rotatable bonds is 3. The minimum absolute atomic E-state index is 0.0907. The molecule has 0 aromatic rings. The van der Waals surface area contributed by atoms with Gasteiger partial charge < -0.3 is 15.1 Å². The summed E-state index contributed by atoms with van der Waals surface area (Å²) in [7, 11) is 0. The van der Waals surface area contributed by atoms with E-state index in [0.29, 0.717) is 6.54 Å². The average Bonchev–Trinajstić information content (AvgIpc) is 2.45. The highest BCUT2D eigenvalue weighted by molar-refractivity contribution is 5.93. The molecule has 1 fully saturated rings. The molecule has 0 radical (unpaired) electrons. The van der Waals surface area contributed by atoms with E-state index in [0.717, 1.165) is 6.42 Å². The number of aliphatic carboxylic acids is 1. The van der Waals surface area contributed by atoms with E-state index in [2.05, 4.69) is 0 Å². The van der Waals surface area contributed by atoms with E-state index in [1.807, 2.05) is 6.92 Å². The molecule has 0 aromatic carbocycles. The number of amides is 1. The Labute approximate surface area is 82.3 Å². The van der Waals surface area contributed by atoms with Crippen molar-refractivity contribution in [3.63, 3.8) is 0 Å². The van der Waals surface area contributed by atoms with Gasteiger partial charge in [-0.1, -0.05) is 6.92 Å². The first-order valence-electron chi connectivity index (χ1n) is 4.68. The molecular weight excluding hydrogens is 186 g/mol. The van der Waals surface area contributed by atoms with Crippen molar-refractivity contribution in [3.8, 4) is 0 Å². The second-order valence-corrected chi connectivity index (χ2v) is 3.67. The zero-order valence-electron chi connectivity index (χ0n) is 8.14. The molecule has 0 aromatic heterocycles. The Morgan fingerprint density at radius 2 is 2.14 bits per heavy atom. The largest absolute Gasteiger partial charge is 0.481 e. The highest BCUT2D eigenvalue weighted by Gasteiger charge is 2.34. The van der Waals surface area contributed by atoms with E-state index in [9.17, 15) is 9.59 Å². The predicted molar refractivity (Wildman–Crippen MR) is 48.6 cm³/mol. The topological polar surface area (TPSA) is 77.8 Å². The van der Waals surface area contributed by atoms with Gasteiger partial charge in [0.15, 0.2) is 0 Å². The smallest absolute Gasteiger partial charge is 0.312 e. The Morgan fingerprint density at radius 3 is 2.64 bits per heavy atom. The summed E-state index contributed by atoms with van der Waals surface area (Å²) < 4.78 is 0. The lowest BCUT2D eigenvalue weighted by Gasteiger charge is -2.24. The van der Waals surface area contributed by atoms with Crippen LogP contribution in [0.1, 0.15) is 19.8 Å². The fourth-order valence-corrected chi connectivity index (χ4v) is 1.83. The van der Waals surface area contributed by atoms with Crippen molar-refractivity contribution in [3.05, 3.63) is 0 Å². The lowest BCUT2D eigenvalue weighted by molar-refractivity contribution is -0.145. The fraction of sp³-hybridized carbons (Fsp3) is 0.778. The van der Waals surface area contributed by atoms with Crippen LogP contribution in [0.25, 0.3) is 0 Å². The molecule has 0 bridgehead atoms. The van der Waals surface area contributed by atoms with Gasteiger partial charge in [-0.3, -0.25) is 9.59 Å². The highest BCUT2D eigenvalue weighted by Crippen LogP contribution is 2.23. The van der Waals surface area contributed by atoms with Crippen LogP contribution in [0.4, 0.5) is 0 Å². The van der Waals surface area contributed by atoms with E-state index in [-0.39, 0.29) is 18.6 Å². The van der Waals surface area contributed by atoms with Crippen LogP contribution in [0.15, 0.2) is 0 Å². The first-order valence-corrected chi connectivity index (χ1v) is 4.68. The number of carboxylic acids is 1. The molecule has 1 amide bonds. The zero-order chi connectivity index (χ0) is 10.7.